The first-order valence-electron chi connectivity index (χ1n) is 10.1. The second kappa shape index (κ2) is 7.56. The van der Waals surface area contributed by atoms with Gasteiger partial charge in [0, 0.05) is 0 Å². The molecule has 1 atom stereocenters. The number of carbonyl (C=O) groups is 2. The molecule has 2 aromatic heterocycles. The highest BCUT2D eigenvalue weighted by atomic mass is 32.1. The molecule has 0 saturated carbocycles. The topological polar surface area (TPSA) is 110 Å². The van der Waals surface area contributed by atoms with Gasteiger partial charge in [0.25, 0.3) is 5.91 Å². The summed E-state index contributed by atoms with van der Waals surface area (Å²) in [5.41, 5.74) is 2.08. The third-order valence-electron chi connectivity index (χ3n) is 5.60. The Balaban J connectivity index is 1.78. The summed E-state index contributed by atoms with van der Waals surface area (Å²) in [6, 6.07) is 10.6. The van der Waals surface area contributed by atoms with E-state index >= 15 is 0 Å². The first-order valence-corrected chi connectivity index (χ1v) is 10.9. The Morgan fingerprint density at radius 1 is 1.15 bits per heavy atom. The highest BCUT2D eigenvalue weighted by Gasteiger charge is 2.45. The highest BCUT2D eigenvalue weighted by molar-refractivity contribution is 7.17. The molecule has 0 radical (unpaired) electrons. The van der Waals surface area contributed by atoms with E-state index in [1.54, 1.807) is 37.3 Å². The SMILES string of the molecule is COC(=O)c1sc(N2C(=O)c3oc4ccc(C)cc4c(=O)c3C2c2ccc(O)cc2)nc1C. The van der Waals surface area contributed by atoms with Crippen LogP contribution < -0.4 is 10.3 Å². The lowest BCUT2D eigenvalue weighted by molar-refractivity contribution is 0.0605. The average molecular weight is 462 g/mol. The molecule has 0 spiro atoms. The van der Waals surface area contributed by atoms with Gasteiger partial charge in [-0.05, 0) is 43.7 Å². The number of esters is 1. The van der Waals surface area contributed by atoms with Gasteiger partial charge in [-0.15, -0.1) is 0 Å². The summed E-state index contributed by atoms with van der Waals surface area (Å²) in [5.74, 6) is -1.11. The van der Waals surface area contributed by atoms with Gasteiger partial charge >= 0.3 is 5.97 Å². The van der Waals surface area contributed by atoms with E-state index in [-0.39, 0.29) is 32.5 Å². The molecule has 1 amide bonds. The minimum Gasteiger partial charge on any atom is -0.508 e. The van der Waals surface area contributed by atoms with Crippen LogP contribution in [0.15, 0.2) is 51.7 Å². The van der Waals surface area contributed by atoms with Gasteiger partial charge in [-0.25, -0.2) is 9.78 Å². The molecule has 3 heterocycles. The van der Waals surface area contributed by atoms with Crippen molar-refractivity contribution in [2.75, 3.05) is 12.0 Å². The first kappa shape index (κ1) is 20.9. The van der Waals surface area contributed by atoms with E-state index in [1.807, 2.05) is 6.92 Å². The van der Waals surface area contributed by atoms with Crippen molar-refractivity contribution in [2.45, 2.75) is 19.9 Å². The molecular formula is C24H18N2O6S. The third kappa shape index (κ3) is 3.20. The fraction of sp³-hybridized carbons (Fsp3) is 0.167. The molecule has 9 heteroatoms. The van der Waals surface area contributed by atoms with Gasteiger partial charge in [-0.2, -0.15) is 0 Å². The van der Waals surface area contributed by atoms with Crippen LogP contribution in [0.2, 0.25) is 0 Å². The van der Waals surface area contributed by atoms with E-state index < -0.39 is 17.9 Å². The van der Waals surface area contributed by atoms with Crippen molar-refractivity contribution >= 4 is 39.3 Å². The number of nitrogens with zero attached hydrogens (tertiary/aromatic N) is 2. The molecule has 2 aromatic carbocycles. The minimum absolute atomic E-state index is 0.0501. The molecule has 1 unspecified atom stereocenters. The van der Waals surface area contributed by atoms with E-state index in [9.17, 15) is 19.5 Å². The highest BCUT2D eigenvalue weighted by Crippen LogP contribution is 2.43. The Bertz CT molecular complexity index is 1500. The number of thiazole rings is 1. The molecule has 0 fully saturated rings. The lowest BCUT2D eigenvalue weighted by atomic mass is 9.98. The summed E-state index contributed by atoms with van der Waals surface area (Å²) >= 11 is 1.00. The molecular weight excluding hydrogens is 444 g/mol. The smallest absolute Gasteiger partial charge is 0.350 e. The van der Waals surface area contributed by atoms with Gasteiger partial charge in [-0.1, -0.05) is 35.1 Å². The number of aromatic nitrogens is 1. The van der Waals surface area contributed by atoms with Crippen LogP contribution in [0.4, 0.5) is 5.13 Å². The summed E-state index contributed by atoms with van der Waals surface area (Å²) in [6.07, 6.45) is 0. The van der Waals surface area contributed by atoms with Gasteiger partial charge in [0.15, 0.2) is 10.6 Å². The van der Waals surface area contributed by atoms with E-state index in [0.717, 1.165) is 16.9 Å². The number of phenols is 1. The molecule has 166 valence electrons. The summed E-state index contributed by atoms with van der Waals surface area (Å²) in [5, 5.41) is 10.4. The standard InChI is InChI=1S/C24H18N2O6S/c1-11-4-9-16-15(10-11)19(28)17-18(13-5-7-14(27)8-6-13)26(22(29)20(17)32-16)24-25-12(2)21(33-24)23(30)31-3/h4-10,18,27H,1-3H3. The molecule has 33 heavy (non-hydrogen) atoms. The largest absolute Gasteiger partial charge is 0.508 e. The Morgan fingerprint density at radius 3 is 2.58 bits per heavy atom. The van der Waals surface area contributed by atoms with E-state index in [1.165, 1.54) is 24.1 Å². The summed E-state index contributed by atoms with van der Waals surface area (Å²) in [4.78, 5) is 45.4. The van der Waals surface area contributed by atoms with Gasteiger partial charge in [-0.3, -0.25) is 14.5 Å². The van der Waals surface area contributed by atoms with Crippen LogP contribution in [0, 0.1) is 13.8 Å². The summed E-state index contributed by atoms with van der Waals surface area (Å²) < 4.78 is 10.8. The number of benzene rings is 2. The quantitative estimate of drug-likeness (QED) is 0.456. The molecule has 4 aromatic rings. The Hall–Kier alpha value is -3.98. The number of hydrogen-bond donors (Lipinski definition) is 1. The number of phenolic OH excluding ortho intramolecular Hbond substituents is 1. The maximum atomic E-state index is 13.6. The van der Waals surface area contributed by atoms with Crippen LogP contribution >= 0.6 is 11.3 Å². The van der Waals surface area contributed by atoms with Crippen molar-refractivity contribution < 1.29 is 23.8 Å². The van der Waals surface area contributed by atoms with Gasteiger partial charge in [0.2, 0.25) is 5.76 Å². The lowest BCUT2D eigenvalue weighted by Crippen LogP contribution is -2.29. The van der Waals surface area contributed by atoms with Crippen molar-refractivity contribution in [2.24, 2.45) is 0 Å². The van der Waals surface area contributed by atoms with Crippen molar-refractivity contribution in [1.82, 2.24) is 4.98 Å². The molecule has 1 N–H and O–H groups in total. The molecule has 8 nitrogen and oxygen atoms in total. The van der Waals surface area contributed by atoms with E-state index in [0.29, 0.717) is 22.2 Å². The third-order valence-corrected chi connectivity index (χ3v) is 6.73. The summed E-state index contributed by atoms with van der Waals surface area (Å²) in [6.45, 7) is 3.52. The number of ether oxygens (including phenoxy) is 1. The normalized spacial score (nSPS) is 15.2. The predicted molar refractivity (Wildman–Crippen MR) is 122 cm³/mol. The Labute approximate surface area is 191 Å². The van der Waals surface area contributed by atoms with Crippen molar-refractivity contribution in [1.29, 1.82) is 0 Å². The second-order valence-corrected chi connectivity index (χ2v) is 8.72. The van der Waals surface area contributed by atoms with Crippen molar-refractivity contribution in [3.05, 3.63) is 85.7 Å². The van der Waals surface area contributed by atoms with Crippen LogP contribution in [0.25, 0.3) is 11.0 Å². The Kier molecular flexibility index (Phi) is 4.79. The number of amides is 1. The van der Waals surface area contributed by atoms with Crippen LogP contribution in [0.1, 0.15) is 48.7 Å². The zero-order valence-electron chi connectivity index (χ0n) is 17.9. The van der Waals surface area contributed by atoms with Crippen LogP contribution in [-0.4, -0.2) is 29.1 Å². The number of anilines is 1. The van der Waals surface area contributed by atoms with Gasteiger partial charge in [0.05, 0.1) is 29.8 Å². The number of carbonyl (C=O) groups excluding carboxylic acids is 2. The maximum Gasteiger partial charge on any atom is 0.350 e. The van der Waals surface area contributed by atoms with Gasteiger partial charge in [0.1, 0.15) is 16.2 Å². The number of rotatable bonds is 3. The van der Waals surface area contributed by atoms with Gasteiger partial charge < -0.3 is 14.3 Å². The first-order chi connectivity index (χ1) is 15.8. The van der Waals surface area contributed by atoms with Crippen LogP contribution in [0.3, 0.4) is 0 Å². The van der Waals surface area contributed by atoms with Crippen molar-refractivity contribution in [3.8, 4) is 5.75 Å². The number of hydrogen-bond acceptors (Lipinski definition) is 8. The fourth-order valence-electron chi connectivity index (χ4n) is 4.02. The molecule has 1 aliphatic heterocycles. The molecule has 0 saturated heterocycles. The molecule has 5 rings (SSSR count). The van der Waals surface area contributed by atoms with Crippen LogP contribution in [0.5, 0.6) is 5.75 Å². The number of fused-ring (bicyclic) bond motifs is 2. The van der Waals surface area contributed by atoms with Crippen LogP contribution in [-0.2, 0) is 4.74 Å². The van der Waals surface area contributed by atoms with E-state index in [2.05, 4.69) is 4.98 Å². The number of aromatic hydroxyl groups is 1. The number of methoxy groups -OCH3 is 1. The monoisotopic (exact) mass is 462 g/mol. The summed E-state index contributed by atoms with van der Waals surface area (Å²) in [7, 11) is 1.27. The molecule has 1 aliphatic rings. The fourth-order valence-corrected chi connectivity index (χ4v) is 5.04. The molecule has 0 bridgehead atoms. The molecule has 0 aliphatic carbocycles. The number of aryl methyl sites for hydroxylation is 2. The predicted octanol–water partition coefficient (Wildman–Crippen LogP) is 4.11. The van der Waals surface area contributed by atoms with E-state index in [4.69, 9.17) is 9.15 Å². The average Bonchev–Trinajstić information content (AvgIpc) is 3.32. The maximum absolute atomic E-state index is 13.6. The second-order valence-electron chi connectivity index (χ2n) is 7.75. The van der Waals surface area contributed by atoms with Crippen molar-refractivity contribution in [3.63, 3.8) is 0 Å². The zero-order chi connectivity index (χ0) is 23.4. The zero-order valence-corrected chi connectivity index (χ0v) is 18.7. The lowest BCUT2D eigenvalue weighted by Gasteiger charge is -2.22. The minimum atomic E-state index is -0.842. The Morgan fingerprint density at radius 2 is 1.88 bits per heavy atom.